The zero-order valence-electron chi connectivity index (χ0n) is 17.2. The van der Waals surface area contributed by atoms with Crippen molar-refractivity contribution in [2.75, 3.05) is 13.2 Å². The number of aromatic nitrogens is 1. The van der Waals surface area contributed by atoms with Crippen molar-refractivity contribution in [2.45, 2.75) is 18.5 Å². The first-order valence-corrected chi connectivity index (χ1v) is 10.5. The summed E-state index contributed by atoms with van der Waals surface area (Å²) in [6, 6.07) is 16.9. The van der Waals surface area contributed by atoms with Gasteiger partial charge in [0.15, 0.2) is 0 Å². The number of carbonyl (C=O) groups is 1. The van der Waals surface area contributed by atoms with Crippen LogP contribution in [0.1, 0.15) is 34.6 Å². The van der Waals surface area contributed by atoms with Crippen LogP contribution in [0.15, 0.2) is 60.8 Å². The van der Waals surface area contributed by atoms with Gasteiger partial charge in [-0.05, 0) is 28.3 Å². The van der Waals surface area contributed by atoms with Gasteiger partial charge in [0.1, 0.15) is 11.8 Å². The van der Waals surface area contributed by atoms with Crippen molar-refractivity contribution in [3.63, 3.8) is 0 Å². The van der Waals surface area contributed by atoms with Gasteiger partial charge in [-0.1, -0.05) is 72.0 Å². The second-order valence-corrected chi connectivity index (χ2v) is 7.72. The van der Waals surface area contributed by atoms with E-state index in [0.717, 1.165) is 28.3 Å². The maximum absolute atomic E-state index is 12.8. The lowest BCUT2D eigenvalue weighted by molar-refractivity contribution is -0.137. The Morgan fingerprint density at radius 3 is 2.36 bits per heavy atom. The first-order chi connectivity index (χ1) is 15.8. The third-order valence-corrected chi connectivity index (χ3v) is 5.55. The van der Waals surface area contributed by atoms with E-state index in [1.807, 2.05) is 36.4 Å². The van der Waals surface area contributed by atoms with Crippen molar-refractivity contribution >= 4 is 17.7 Å². The van der Waals surface area contributed by atoms with Gasteiger partial charge in [0.05, 0.1) is 11.1 Å². The minimum atomic E-state index is -4.53. The smallest absolute Gasteiger partial charge is 0.417 e. The lowest BCUT2D eigenvalue weighted by atomic mass is 9.98. The highest BCUT2D eigenvalue weighted by Crippen LogP contribution is 2.44. The van der Waals surface area contributed by atoms with Crippen molar-refractivity contribution in [1.29, 1.82) is 0 Å². The van der Waals surface area contributed by atoms with E-state index in [1.165, 1.54) is 0 Å². The number of carbonyl (C=O) groups excluding carboxylic acids is 1. The molecule has 1 aliphatic rings. The van der Waals surface area contributed by atoms with E-state index in [2.05, 4.69) is 34.3 Å². The highest BCUT2D eigenvalue weighted by molar-refractivity contribution is 6.30. The maximum atomic E-state index is 12.8. The molecule has 0 bridgehead atoms. The number of nitrogens with zero attached hydrogens (tertiary/aromatic N) is 1. The van der Waals surface area contributed by atoms with Crippen molar-refractivity contribution in [3.8, 4) is 23.0 Å². The molecule has 168 valence electrons. The molecule has 1 aromatic heterocycles. The van der Waals surface area contributed by atoms with Crippen LogP contribution in [0.25, 0.3) is 11.1 Å². The number of fused-ring (bicyclic) bond motifs is 3. The fraction of sp³-hybridized carbons (Fsp3) is 0.200. The van der Waals surface area contributed by atoms with E-state index in [-0.39, 0.29) is 36.2 Å². The molecule has 2 aromatic carbocycles. The summed E-state index contributed by atoms with van der Waals surface area (Å²) in [5.41, 5.74) is 3.56. The molecule has 1 N–H and O–H groups in total. The van der Waals surface area contributed by atoms with Crippen molar-refractivity contribution in [3.05, 3.63) is 88.2 Å². The molecule has 1 heterocycles. The average molecular weight is 471 g/mol. The molecular weight excluding hydrogens is 453 g/mol. The van der Waals surface area contributed by atoms with E-state index in [9.17, 15) is 18.0 Å². The Kier molecular flexibility index (Phi) is 6.57. The second kappa shape index (κ2) is 9.55. The molecule has 0 unspecified atom stereocenters. The van der Waals surface area contributed by atoms with E-state index in [4.69, 9.17) is 16.3 Å². The predicted molar refractivity (Wildman–Crippen MR) is 119 cm³/mol. The van der Waals surface area contributed by atoms with E-state index < -0.39 is 17.8 Å². The zero-order valence-corrected chi connectivity index (χ0v) is 18.0. The summed E-state index contributed by atoms with van der Waals surface area (Å²) in [7, 11) is 0. The van der Waals surface area contributed by atoms with Gasteiger partial charge in [-0.15, -0.1) is 0 Å². The van der Waals surface area contributed by atoms with Gasteiger partial charge in [0.25, 0.3) is 0 Å². The molecule has 0 fully saturated rings. The molecule has 0 saturated carbocycles. The van der Waals surface area contributed by atoms with Crippen LogP contribution in [-0.2, 0) is 10.9 Å². The maximum Gasteiger partial charge on any atom is 0.417 e. The molecule has 4 rings (SSSR count). The number of hydrogen-bond acceptors (Lipinski definition) is 3. The number of alkyl halides is 3. The number of alkyl carbamates (subject to hydrolysis) is 1. The molecule has 33 heavy (non-hydrogen) atoms. The Morgan fingerprint density at radius 1 is 1.09 bits per heavy atom. The van der Waals surface area contributed by atoms with Gasteiger partial charge in [-0.3, -0.25) is 0 Å². The van der Waals surface area contributed by atoms with E-state index in [0.29, 0.717) is 6.20 Å². The Bertz CT molecular complexity index is 1200. The van der Waals surface area contributed by atoms with Gasteiger partial charge in [0.2, 0.25) is 0 Å². The molecule has 0 atom stereocenters. The van der Waals surface area contributed by atoms with Gasteiger partial charge >= 0.3 is 12.3 Å². The van der Waals surface area contributed by atoms with Crippen molar-refractivity contribution < 1.29 is 22.7 Å². The van der Waals surface area contributed by atoms with Gasteiger partial charge < -0.3 is 10.1 Å². The largest absolute Gasteiger partial charge is 0.449 e. The molecule has 0 spiro atoms. The van der Waals surface area contributed by atoms with Gasteiger partial charge in [0, 0.05) is 25.1 Å². The first kappa shape index (κ1) is 22.7. The van der Waals surface area contributed by atoms with Crippen LogP contribution in [0.2, 0.25) is 5.15 Å². The van der Waals surface area contributed by atoms with Crippen LogP contribution in [0.5, 0.6) is 0 Å². The van der Waals surface area contributed by atoms with Crippen LogP contribution < -0.4 is 5.32 Å². The summed E-state index contributed by atoms with van der Waals surface area (Å²) in [5, 5.41) is 2.49. The summed E-state index contributed by atoms with van der Waals surface area (Å²) < 4.78 is 43.8. The fourth-order valence-electron chi connectivity index (χ4n) is 3.72. The number of halogens is 4. The van der Waals surface area contributed by atoms with E-state index >= 15 is 0 Å². The highest BCUT2D eigenvalue weighted by atomic mass is 35.5. The normalized spacial score (nSPS) is 12.4. The summed E-state index contributed by atoms with van der Waals surface area (Å²) in [6.07, 6.45) is -4.25. The first-order valence-electron chi connectivity index (χ1n) is 10.1. The molecule has 0 aliphatic heterocycles. The number of ether oxygens (including phenoxy) is 1. The van der Waals surface area contributed by atoms with Crippen LogP contribution in [0.3, 0.4) is 0 Å². The van der Waals surface area contributed by atoms with E-state index in [1.54, 1.807) is 0 Å². The Hall–Kier alpha value is -3.50. The minimum absolute atomic E-state index is 0.0207. The van der Waals surface area contributed by atoms with Gasteiger partial charge in [-0.25, -0.2) is 9.78 Å². The second-order valence-electron chi connectivity index (χ2n) is 7.36. The zero-order chi connectivity index (χ0) is 23.4. The predicted octanol–water partition coefficient (Wildman–Crippen LogP) is 6.03. The fourth-order valence-corrected chi connectivity index (χ4v) is 3.88. The summed E-state index contributed by atoms with van der Waals surface area (Å²) in [6.45, 7) is 0.366. The summed E-state index contributed by atoms with van der Waals surface area (Å²) in [5.74, 6) is 5.21. The van der Waals surface area contributed by atoms with Crippen molar-refractivity contribution in [2.24, 2.45) is 0 Å². The summed E-state index contributed by atoms with van der Waals surface area (Å²) >= 11 is 5.81. The molecule has 0 radical (unpaired) electrons. The number of nitrogens with one attached hydrogen (secondary N) is 1. The van der Waals surface area contributed by atoms with Gasteiger partial charge in [-0.2, -0.15) is 13.2 Å². The topological polar surface area (TPSA) is 51.2 Å². The minimum Gasteiger partial charge on any atom is -0.449 e. The third kappa shape index (κ3) is 5.12. The molecule has 4 nitrogen and oxygen atoms in total. The lowest BCUT2D eigenvalue weighted by Crippen LogP contribution is -2.26. The standard InChI is InChI=1S/C25H18ClF3N2O2/c26-23-16(13-17(14-31-23)25(27,28)29)7-5-6-12-30-24(32)33-15-22-20-10-3-1-8-18(20)19-9-2-4-11-21(19)22/h1-4,8-11,13-14,22H,6,12,15H2,(H,30,32). The number of rotatable bonds is 4. The average Bonchev–Trinajstić information content (AvgIpc) is 3.11. The van der Waals surface area contributed by atoms with Crippen molar-refractivity contribution in [1.82, 2.24) is 10.3 Å². The Labute approximate surface area is 193 Å². The number of hydrogen-bond donors (Lipinski definition) is 1. The molecule has 8 heteroatoms. The molecule has 3 aromatic rings. The molecule has 0 saturated heterocycles. The quantitative estimate of drug-likeness (QED) is 0.287. The lowest BCUT2D eigenvalue weighted by Gasteiger charge is -2.14. The van der Waals surface area contributed by atoms with Crippen LogP contribution in [-0.4, -0.2) is 24.2 Å². The highest BCUT2D eigenvalue weighted by Gasteiger charge is 2.31. The summed E-state index contributed by atoms with van der Waals surface area (Å²) in [4.78, 5) is 15.6. The van der Waals surface area contributed by atoms with Crippen LogP contribution in [0.4, 0.5) is 18.0 Å². The third-order valence-electron chi connectivity index (χ3n) is 5.25. The van der Waals surface area contributed by atoms with Crippen LogP contribution >= 0.6 is 11.6 Å². The number of pyridine rings is 1. The Morgan fingerprint density at radius 2 is 1.73 bits per heavy atom. The van der Waals surface area contributed by atoms with Crippen LogP contribution in [0, 0.1) is 11.8 Å². The number of amides is 1. The molecular formula is C25H18ClF3N2O2. The molecule has 1 amide bonds. The monoisotopic (exact) mass is 470 g/mol. The number of benzene rings is 2. The Balaban J connectivity index is 1.30. The molecule has 1 aliphatic carbocycles. The SMILES string of the molecule is O=C(NCCC#Cc1cc(C(F)(F)F)cnc1Cl)OCC1c2ccccc2-c2ccccc21.